The number of hydrogen-bond donors (Lipinski definition) is 2. The lowest BCUT2D eigenvalue weighted by molar-refractivity contribution is -0.0138. The van der Waals surface area contributed by atoms with Gasteiger partial charge in [0.2, 0.25) is 0 Å². The summed E-state index contributed by atoms with van der Waals surface area (Å²) in [6.07, 6.45) is 10.1. The second-order valence-electron chi connectivity index (χ2n) is 8.41. The standard InChI is InChI=1S/C17H30N2O/c1-4-5-16(2,3)18-15(20)19-17-9-12-6-13(10-17)8-14(7-12)11-17/h12-14H,4-11H2,1-3H3,(H2,18,19,20). The van der Waals surface area contributed by atoms with Gasteiger partial charge in [0.1, 0.15) is 0 Å². The maximum atomic E-state index is 12.4. The molecule has 4 rings (SSSR count). The highest BCUT2D eigenvalue weighted by Crippen LogP contribution is 2.55. The second-order valence-corrected chi connectivity index (χ2v) is 8.41. The summed E-state index contributed by atoms with van der Waals surface area (Å²) < 4.78 is 0. The zero-order valence-corrected chi connectivity index (χ0v) is 13.3. The maximum Gasteiger partial charge on any atom is 0.315 e. The summed E-state index contributed by atoms with van der Waals surface area (Å²) >= 11 is 0. The Hall–Kier alpha value is -0.730. The summed E-state index contributed by atoms with van der Waals surface area (Å²) in [5.74, 6) is 2.64. The smallest absolute Gasteiger partial charge is 0.315 e. The van der Waals surface area contributed by atoms with Gasteiger partial charge in [-0.3, -0.25) is 0 Å². The molecular formula is C17H30N2O. The minimum atomic E-state index is -0.0961. The minimum Gasteiger partial charge on any atom is -0.333 e. The number of carbonyl (C=O) groups is 1. The zero-order valence-electron chi connectivity index (χ0n) is 13.3. The first-order valence-corrected chi connectivity index (χ1v) is 8.50. The van der Waals surface area contributed by atoms with Crippen LogP contribution in [0.4, 0.5) is 4.79 Å². The third kappa shape index (κ3) is 2.82. The monoisotopic (exact) mass is 278 g/mol. The Balaban J connectivity index is 1.61. The van der Waals surface area contributed by atoms with Crippen molar-refractivity contribution in [2.45, 2.75) is 83.2 Å². The van der Waals surface area contributed by atoms with Gasteiger partial charge in [-0.15, -0.1) is 0 Å². The molecule has 4 bridgehead atoms. The SMILES string of the molecule is CCCC(C)(C)NC(=O)NC12CC3CC(CC(C3)C1)C2. The number of nitrogens with one attached hydrogen (secondary N) is 2. The summed E-state index contributed by atoms with van der Waals surface area (Å²) in [4.78, 5) is 12.4. The van der Waals surface area contributed by atoms with E-state index in [0.29, 0.717) is 0 Å². The van der Waals surface area contributed by atoms with Crippen molar-refractivity contribution < 1.29 is 4.79 Å². The van der Waals surface area contributed by atoms with Crippen molar-refractivity contribution in [3.63, 3.8) is 0 Å². The lowest BCUT2D eigenvalue weighted by Gasteiger charge is -2.56. The van der Waals surface area contributed by atoms with Crippen molar-refractivity contribution in [1.82, 2.24) is 10.6 Å². The van der Waals surface area contributed by atoms with E-state index in [1.165, 1.54) is 38.5 Å². The average molecular weight is 278 g/mol. The van der Waals surface area contributed by atoms with Gasteiger partial charge >= 0.3 is 6.03 Å². The van der Waals surface area contributed by atoms with E-state index in [0.717, 1.165) is 30.6 Å². The Bertz CT molecular complexity index is 353. The molecule has 3 nitrogen and oxygen atoms in total. The lowest BCUT2D eigenvalue weighted by Crippen LogP contribution is -2.63. The predicted molar refractivity (Wildman–Crippen MR) is 81.6 cm³/mol. The average Bonchev–Trinajstić information content (AvgIpc) is 2.23. The summed E-state index contributed by atoms with van der Waals surface area (Å²) in [5.41, 5.74) is 0.0300. The predicted octanol–water partition coefficient (Wildman–Crippen LogP) is 3.83. The van der Waals surface area contributed by atoms with Crippen molar-refractivity contribution in [3.05, 3.63) is 0 Å². The van der Waals surface area contributed by atoms with Crippen molar-refractivity contribution >= 4 is 6.03 Å². The zero-order chi connectivity index (χ0) is 14.4. The Morgan fingerprint density at radius 3 is 2.05 bits per heavy atom. The van der Waals surface area contributed by atoms with Crippen LogP contribution >= 0.6 is 0 Å². The number of urea groups is 1. The van der Waals surface area contributed by atoms with Gasteiger partial charge in [0.25, 0.3) is 0 Å². The largest absolute Gasteiger partial charge is 0.333 e. The highest BCUT2D eigenvalue weighted by Gasteiger charge is 2.51. The first-order valence-electron chi connectivity index (χ1n) is 8.50. The summed E-state index contributed by atoms with van der Waals surface area (Å²) in [7, 11) is 0. The van der Waals surface area contributed by atoms with Gasteiger partial charge in [-0.2, -0.15) is 0 Å². The number of rotatable bonds is 4. The van der Waals surface area contributed by atoms with E-state index in [-0.39, 0.29) is 17.1 Å². The molecule has 0 aromatic heterocycles. The van der Waals surface area contributed by atoms with Crippen LogP contribution in [0, 0.1) is 17.8 Å². The Kier molecular flexibility index (Phi) is 3.50. The van der Waals surface area contributed by atoms with E-state index in [2.05, 4.69) is 31.4 Å². The van der Waals surface area contributed by atoms with Gasteiger partial charge in [0.15, 0.2) is 0 Å². The van der Waals surface area contributed by atoms with Crippen LogP contribution in [0.2, 0.25) is 0 Å². The molecule has 4 fully saturated rings. The van der Waals surface area contributed by atoms with Crippen molar-refractivity contribution in [2.75, 3.05) is 0 Å². The van der Waals surface area contributed by atoms with Gasteiger partial charge in [0, 0.05) is 11.1 Å². The van der Waals surface area contributed by atoms with Gasteiger partial charge in [0.05, 0.1) is 0 Å². The van der Waals surface area contributed by atoms with Crippen LogP contribution in [-0.2, 0) is 0 Å². The van der Waals surface area contributed by atoms with E-state index in [1.807, 2.05) is 0 Å². The quantitative estimate of drug-likeness (QED) is 0.806. The van der Waals surface area contributed by atoms with Gasteiger partial charge in [-0.05, 0) is 76.5 Å². The molecule has 0 aromatic rings. The molecule has 20 heavy (non-hydrogen) atoms. The molecule has 0 aliphatic heterocycles. The van der Waals surface area contributed by atoms with E-state index < -0.39 is 0 Å². The maximum absolute atomic E-state index is 12.4. The molecule has 0 radical (unpaired) electrons. The highest BCUT2D eigenvalue weighted by atomic mass is 16.2. The normalized spacial score (nSPS) is 38.9. The molecule has 3 heteroatoms. The van der Waals surface area contributed by atoms with Crippen LogP contribution in [-0.4, -0.2) is 17.1 Å². The third-order valence-electron chi connectivity index (χ3n) is 5.74. The van der Waals surface area contributed by atoms with Gasteiger partial charge in [-0.25, -0.2) is 4.79 Å². The lowest BCUT2D eigenvalue weighted by atomic mass is 9.53. The molecule has 0 unspecified atom stereocenters. The second kappa shape index (κ2) is 4.92. The molecule has 2 N–H and O–H groups in total. The number of hydrogen-bond acceptors (Lipinski definition) is 1. The highest BCUT2D eigenvalue weighted by molar-refractivity contribution is 5.75. The Labute approximate surface area is 123 Å². The Morgan fingerprint density at radius 2 is 1.60 bits per heavy atom. The van der Waals surface area contributed by atoms with E-state index >= 15 is 0 Å². The number of carbonyl (C=O) groups excluding carboxylic acids is 1. The third-order valence-corrected chi connectivity index (χ3v) is 5.74. The van der Waals surface area contributed by atoms with Crippen molar-refractivity contribution in [2.24, 2.45) is 17.8 Å². The first kappa shape index (κ1) is 14.2. The molecule has 0 atom stereocenters. The van der Waals surface area contributed by atoms with Gasteiger partial charge < -0.3 is 10.6 Å². The van der Waals surface area contributed by atoms with Crippen LogP contribution in [0.5, 0.6) is 0 Å². The summed E-state index contributed by atoms with van der Waals surface area (Å²) in [6, 6.07) is 0.0606. The molecule has 0 heterocycles. The van der Waals surface area contributed by atoms with Crippen molar-refractivity contribution in [3.8, 4) is 0 Å². The van der Waals surface area contributed by atoms with Crippen molar-refractivity contribution in [1.29, 1.82) is 0 Å². The fourth-order valence-electron chi connectivity index (χ4n) is 5.53. The van der Waals surface area contributed by atoms with Crippen LogP contribution in [0.25, 0.3) is 0 Å². The molecule has 2 amide bonds. The number of amides is 2. The van der Waals surface area contributed by atoms with Crippen LogP contribution in [0.1, 0.15) is 72.1 Å². The molecule has 114 valence electrons. The fraction of sp³-hybridized carbons (Fsp3) is 0.941. The van der Waals surface area contributed by atoms with Crippen LogP contribution in [0.3, 0.4) is 0 Å². The first-order chi connectivity index (χ1) is 9.40. The van der Waals surface area contributed by atoms with Crippen LogP contribution < -0.4 is 10.6 Å². The molecule has 4 aliphatic rings. The Morgan fingerprint density at radius 1 is 1.10 bits per heavy atom. The summed E-state index contributed by atoms with van der Waals surface area (Å²) in [5, 5.41) is 6.57. The fourth-order valence-corrected chi connectivity index (χ4v) is 5.53. The molecule has 4 aliphatic carbocycles. The molecule has 0 aromatic carbocycles. The summed E-state index contributed by atoms with van der Waals surface area (Å²) in [6.45, 7) is 6.41. The molecule has 0 spiro atoms. The molecule has 4 saturated carbocycles. The molecule has 0 saturated heterocycles. The van der Waals surface area contributed by atoms with E-state index in [1.54, 1.807) is 0 Å². The van der Waals surface area contributed by atoms with E-state index in [9.17, 15) is 4.79 Å². The van der Waals surface area contributed by atoms with E-state index in [4.69, 9.17) is 0 Å². The molecular weight excluding hydrogens is 248 g/mol. The van der Waals surface area contributed by atoms with Gasteiger partial charge in [-0.1, -0.05) is 13.3 Å². The topological polar surface area (TPSA) is 41.1 Å². The van der Waals surface area contributed by atoms with Crippen LogP contribution in [0.15, 0.2) is 0 Å². The minimum absolute atomic E-state index is 0.0606.